The van der Waals surface area contributed by atoms with Gasteiger partial charge < -0.3 is 31.7 Å². The summed E-state index contributed by atoms with van der Waals surface area (Å²) < 4.78 is 0. The number of phenols is 1. The maximum Gasteiger partial charge on any atom is 0.246 e. The molecule has 4 rings (SSSR count). The van der Waals surface area contributed by atoms with Crippen LogP contribution in [0.3, 0.4) is 0 Å². The standard InChI is InChI=1S/C28H35N5O5/c29-21(16-19-10-12-20(34)13-11-19)27(37)33-15-5-9-24(33)26(36)31-22(17-18-6-2-1-3-7-18)28(38)32-14-4-8-23(32)25(30)35/h1-3,6-7,10-13,21-24,34H,4-5,8-9,14-17,29H2,(H2,30,35)(H,31,36)/t21?,22-,23+,24?/m0/s1. The molecule has 2 fully saturated rings. The van der Waals surface area contributed by atoms with E-state index in [0.717, 1.165) is 11.1 Å². The molecule has 6 N–H and O–H groups in total. The molecule has 0 bridgehead atoms. The van der Waals surface area contributed by atoms with Gasteiger partial charge in [-0.3, -0.25) is 19.2 Å². The number of phenolic OH excluding ortho intramolecular Hbond substituents is 1. The highest BCUT2D eigenvalue weighted by Gasteiger charge is 2.40. The summed E-state index contributed by atoms with van der Waals surface area (Å²) >= 11 is 0. The van der Waals surface area contributed by atoms with Crippen molar-refractivity contribution in [3.05, 3.63) is 65.7 Å². The summed E-state index contributed by atoms with van der Waals surface area (Å²) in [5.41, 5.74) is 13.4. The van der Waals surface area contributed by atoms with Crippen LogP contribution in [0.2, 0.25) is 0 Å². The van der Waals surface area contributed by atoms with E-state index >= 15 is 0 Å². The van der Waals surface area contributed by atoms with Gasteiger partial charge in [0.15, 0.2) is 0 Å². The largest absolute Gasteiger partial charge is 0.508 e. The summed E-state index contributed by atoms with van der Waals surface area (Å²) in [5, 5.41) is 12.4. The molecule has 2 unspecified atom stereocenters. The SMILES string of the molecule is NC(=O)[C@H]1CCCN1C(=O)[C@H](Cc1ccccc1)NC(=O)C1CCCN1C(=O)C(N)Cc1ccc(O)cc1. The van der Waals surface area contributed by atoms with Crippen LogP contribution in [-0.2, 0) is 32.0 Å². The molecule has 2 aliphatic heterocycles. The quantitative estimate of drug-likeness (QED) is 0.375. The Kier molecular flexibility index (Phi) is 8.62. The fourth-order valence-electron chi connectivity index (χ4n) is 5.33. The van der Waals surface area contributed by atoms with E-state index in [1.165, 1.54) is 21.9 Å². The second-order valence-corrected chi connectivity index (χ2v) is 10.0. The van der Waals surface area contributed by atoms with Crippen molar-refractivity contribution in [2.75, 3.05) is 13.1 Å². The number of rotatable bonds is 9. The number of nitrogens with two attached hydrogens (primary N) is 2. The molecule has 2 aromatic rings. The Labute approximate surface area is 222 Å². The monoisotopic (exact) mass is 521 g/mol. The molecular weight excluding hydrogens is 486 g/mol. The Morgan fingerprint density at radius 2 is 1.42 bits per heavy atom. The predicted octanol–water partition coefficient (Wildman–Crippen LogP) is 0.457. The van der Waals surface area contributed by atoms with Gasteiger partial charge in [-0.15, -0.1) is 0 Å². The molecule has 2 heterocycles. The highest BCUT2D eigenvalue weighted by Crippen LogP contribution is 2.22. The van der Waals surface area contributed by atoms with Gasteiger partial charge in [0.25, 0.3) is 0 Å². The van der Waals surface area contributed by atoms with Gasteiger partial charge in [-0.2, -0.15) is 0 Å². The second kappa shape index (κ2) is 12.1. The molecule has 2 saturated heterocycles. The first-order valence-corrected chi connectivity index (χ1v) is 13.0. The maximum atomic E-state index is 13.6. The van der Waals surface area contributed by atoms with Crippen molar-refractivity contribution in [1.29, 1.82) is 0 Å². The van der Waals surface area contributed by atoms with Gasteiger partial charge in [0.05, 0.1) is 6.04 Å². The van der Waals surface area contributed by atoms with E-state index in [-0.39, 0.29) is 30.4 Å². The van der Waals surface area contributed by atoms with Crippen LogP contribution in [-0.4, -0.2) is 75.8 Å². The van der Waals surface area contributed by atoms with E-state index in [4.69, 9.17) is 11.5 Å². The van der Waals surface area contributed by atoms with E-state index in [1.807, 2.05) is 30.3 Å². The second-order valence-electron chi connectivity index (χ2n) is 10.0. The average molecular weight is 522 g/mol. The fraction of sp³-hybridized carbons (Fsp3) is 0.429. The van der Waals surface area contributed by atoms with E-state index in [2.05, 4.69) is 5.32 Å². The lowest BCUT2D eigenvalue weighted by molar-refractivity contribution is -0.143. The van der Waals surface area contributed by atoms with E-state index in [9.17, 15) is 24.3 Å². The molecule has 38 heavy (non-hydrogen) atoms. The molecule has 0 saturated carbocycles. The van der Waals surface area contributed by atoms with Gasteiger partial charge in [-0.25, -0.2) is 0 Å². The van der Waals surface area contributed by atoms with Crippen molar-refractivity contribution in [1.82, 2.24) is 15.1 Å². The zero-order chi connectivity index (χ0) is 27.2. The van der Waals surface area contributed by atoms with Crippen LogP contribution < -0.4 is 16.8 Å². The molecule has 4 amide bonds. The summed E-state index contributed by atoms with van der Waals surface area (Å²) in [7, 11) is 0. The van der Waals surface area contributed by atoms with Crippen LogP contribution in [0.4, 0.5) is 0 Å². The normalized spacial score (nSPS) is 20.7. The van der Waals surface area contributed by atoms with Gasteiger partial charge in [-0.05, 0) is 55.4 Å². The number of aromatic hydroxyl groups is 1. The summed E-state index contributed by atoms with van der Waals surface area (Å²) in [6.45, 7) is 0.793. The third-order valence-corrected chi connectivity index (χ3v) is 7.31. The van der Waals surface area contributed by atoms with Crippen molar-refractivity contribution in [3.63, 3.8) is 0 Å². The molecular formula is C28H35N5O5. The first-order valence-electron chi connectivity index (χ1n) is 13.0. The predicted molar refractivity (Wildman–Crippen MR) is 141 cm³/mol. The van der Waals surface area contributed by atoms with Gasteiger partial charge in [-0.1, -0.05) is 42.5 Å². The number of hydrogen-bond donors (Lipinski definition) is 4. The number of benzene rings is 2. The number of nitrogens with zero attached hydrogens (tertiary/aromatic N) is 2. The Bertz CT molecular complexity index is 1160. The van der Waals surface area contributed by atoms with Crippen LogP contribution in [0.25, 0.3) is 0 Å². The number of likely N-dealkylation sites (tertiary alicyclic amines) is 2. The van der Waals surface area contributed by atoms with E-state index in [0.29, 0.717) is 38.8 Å². The van der Waals surface area contributed by atoms with Crippen LogP contribution >= 0.6 is 0 Å². The van der Waals surface area contributed by atoms with E-state index < -0.39 is 36.0 Å². The Hall–Kier alpha value is -3.92. The van der Waals surface area contributed by atoms with Crippen LogP contribution in [0.5, 0.6) is 5.75 Å². The van der Waals surface area contributed by atoms with E-state index in [1.54, 1.807) is 12.1 Å². The zero-order valence-corrected chi connectivity index (χ0v) is 21.3. The fourth-order valence-corrected chi connectivity index (χ4v) is 5.33. The van der Waals surface area contributed by atoms with Crippen molar-refractivity contribution in [2.45, 2.75) is 62.7 Å². The van der Waals surface area contributed by atoms with Gasteiger partial charge in [0, 0.05) is 19.5 Å². The Morgan fingerprint density at radius 3 is 2.05 bits per heavy atom. The number of nitrogens with one attached hydrogen (secondary N) is 1. The van der Waals surface area contributed by atoms with Crippen molar-refractivity contribution in [2.24, 2.45) is 11.5 Å². The number of primary amides is 1. The molecule has 0 radical (unpaired) electrons. The Morgan fingerprint density at radius 1 is 0.842 bits per heavy atom. The molecule has 10 heteroatoms. The van der Waals surface area contributed by atoms with Gasteiger partial charge >= 0.3 is 0 Å². The molecule has 0 aliphatic carbocycles. The molecule has 2 aromatic carbocycles. The average Bonchev–Trinajstić information content (AvgIpc) is 3.60. The lowest BCUT2D eigenvalue weighted by Gasteiger charge is -2.31. The lowest BCUT2D eigenvalue weighted by Crippen LogP contribution is -2.57. The molecule has 4 atom stereocenters. The lowest BCUT2D eigenvalue weighted by atomic mass is 10.0. The third kappa shape index (κ3) is 6.31. The van der Waals surface area contributed by atoms with Gasteiger partial charge in [0.2, 0.25) is 23.6 Å². The first kappa shape index (κ1) is 27.1. The molecule has 202 valence electrons. The third-order valence-electron chi connectivity index (χ3n) is 7.31. The number of hydrogen-bond acceptors (Lipinski definition) is 6. The first-order chi connectivity index (χ1) is 18.2. The number of carbonyl (C=O) groups is 4. The van der Waals surface area contributed by atoms with Crippen LogP contribution in [0.15, 0.2) is 54.6 Å². The summed E-state index contributed by atoms with van der Waals surface area (Å²) in [4.78, 5) is 55.1. The van der Waals surface area contributed by atoms with Crippen LogP contribution in [0.1, 0.15) is 36.8 Å². The highest BCUT2D eigenvalue weighted by atomic mass is 16.3. The minimum Gasteiger partial charge on any atom is -0.508 e. The summed E-state index contributed by atoms with van der Waals surface area (Å²) in [5.74, 6) is -1.55. The van der Waals surface area contributed by atoms with Crippen molar-refractivity contribution >= 4 is 23.6 Å². The molecule has 0 aromatic heterocycles. The minimum absolute atomic E-state index is 0.126. The molecule has 0 spiro atoms. The number of amides is 4. The summed E-state index contributed by atoms with van der Waals surface area (Å²) in [6, 6.07) is 12.6. The van der Waals surface area contributed by atoms with Crippen molar-refractivity contribution in [3.8, 4) is 5.75 Å². The molecule has 2 aliphatic rings. The minimum atomic E-state index is -0.909. The maximum absolute atomic E-state index is 13.6. The van der Waals surface area contributed by atoms with Crippen LogP contribution in [0, 0.1) is 0 Å². The number of carbonyl (C=O) groups excluding carboxylic acids is 4. The topological polar surface area (TPSA) is 159 Å². The smallest absolute Gasteiger partial charge is 0.246 e. The zero-order valence-electron chi connectivity index (χ0n) is 21.3. The molecule has 10 nitrogen and oxygen atoms in total. The van der Waals surface area contributed by atoms with Gasteiger partial charge in [0.1, 0.15) is 23.9 Å². The van der Waals surface area contributed by atoms with Crippen molar-refractivity contribution < 1.29 is 24.3 Å². The highest BCUT2D eigenvalue weighted by molar-refractivity contribution is 5.95. The summed E-state index contributed by atoms with van der Waals surface area (Å²) in [6.07, 6.45) is 2.77. The Balaban J connectivity index is 1.47.